The lowest BCUT2D eigenvalue weighted by molar-refractivity contribution is 0.0470. The summed E-state index contributed by atoms with van der Waals surface area (Å²) in [6, 6.07) is 9.49. The molecule has 0 spiro atoms. The molecule has 0 radical (unpaired) electrons. The summed E-state index contributed by atoms with van der Waals surface area (Å²) in [6.45, 7) is 3.82. The summed E-state index contributed by atoms with van der Waals surface area (Å²) in [4.78, 5) is 28.8. The van der Waals surface area contributed by atoms with Crippen molar-refractivity contribution in [3.63, 3.8) is 0 Å². The van der Waals surface area contributed by atoms with Crippen molar-refractivity contribution in [3.05, 3.63) is 47.9 Å². The third-order valence-electron chi connectivity index (χ3n) is 3.45. The highest BCUT2D eigenvalue weighted by Crippen LogP contribution is 2.23. The third-order valence-corrected chi connectivity index (χ3v) is 3.45. The van der Waals surface area contributed by atoms with Gasteiger partial charge < -0.3 is 9.47 Å². The van der Waals surface area contributed by atoms with Crippen LogP contribution in [0, 0.1) is 0 Å². The van der Waals surface area contributed by atoms with E-state index in [-0.39, 0.29) is 24.6 Å². The number of carbonyl (C=O) groups excluding carboxylic acids is 2. The molecule has 6 nitrogen and oxygen atoms in total. The predicted octanol–water partition coefficient (Wildman–Crippen LogP) is 2.84. The number of ether oxygens (including phenoxy) is 2. The number of benzene rings is 1. The van der Waals surface area contributed by atoms with Gasteiger partial charge in [-0.3, -0.25) is 4.40 Å². The lowest BCUT2D eigenvalue weighted by atomic mass is 10.2. The van der Waals surface area contributed by atoms with Crippen LogP contribution in [-0.4, -0.2) is 34.5 Å². The zero-order chi connectivity index (χ0) is 16.4. The molecule has 3 aromatic rings. The van der Waals surface area contributed by atoms with Gasteiger partial charge in [-0.2, -0.15) is 0 Å². The molecule has 0 bridgehead atoms. The molecule has 0 atom stereocenters. The van der Waals surface area contributed by atoms with E-state index >= 15 is 0 Å². The molecule has 2 aromatic heterocycles. The molecule has 2 heterocycles. The number of carbonyl (C=O) groups is 2. The minimum atomic E-state index is -0.636. The van der Waals surface area contributed by atoms with Crippen LogP contribution in [0.25, 0.3) is 16.4 Å². The Balaban J connectivity index is 2.31. The molecule has 23 heavy (non-hydrogen) atoms. The molecule has 0 aliphatic carbocycles. The summed E-state index contributed by atoms with van der Waals surface area (Å²) in [7, 11) is 0. The summed E-state index contributed by atoms with van der Waals surface area (Å²) >= 11 is 0. The Morgan fingerprint density at radius 1 is 1.04 bits per heavy atom. The lowest BCUT2D eigenvalue weighted by Crippen LogP contribution is -2.15. The fraction of sp³-hybridized carbons (Fsp3) is 0.235. The molecular formula is C17H16N2O4. The van der Waals surface area contributed by atoms with Crippen molar-refractivity contribution in [2.45, 2.75) is 13.8 Å². The van der Waals surface area contributed by atoms with Gasteiger partial charge in [0.1, 0.15) is 5.65 Å². The molecule has 0 aliphatic heterocycles. The molecule has 118 valence electrons. The molecule has 0 unspecified atom stereocenters. The normalized spacial score (nSPS) is 10.9. The van der Waals surface area contributed by atoms with Crippen LogP contribution in [0.4, 0.5) is 0 Å². The van der Waals surface area contributed by atoms with E-state index in [0.717, 1.165) is 10.8 Å². The van der Waals surface area contributed by atoms with Gasteiger partial charge in [0.15, 0.2) is 11.4 Å². The standard InChI is InChI=1S/C17H16N2O4/c1-3-22-16(20)13-14(17(21)23-4-2)19-10-9-11-7-5-6-8-12(11)15(19)18-13/h5-10H,3-4H2,1-2H3. The number of esters is 2. The van der Waals surface area contributed by atoms with Crippen LogP contribution < -0.4 is 0 Å². The fourth-order valence-corrected chi connectivity index (χ4v) is 2.50. The second kappa shape index (κ2) is 6.08. The quantitative estimate of drug-likeness (QED) is 0.693. The molecule has 0 amide bonds. The van der Waals surface area contributed by atoms with Gasteiger partial charge in [-0.25, -0.2) is 14.6 Å². The van der Waals surface area contributed by atoms with E-state index in [2.05, 4.69) is 4.98 Å². The van der Waals surface area contributed by atoms with Gasteiger partial charge in [0.2, 0.25) is 0 Å². The van der Waals surface area contributed by atoms with E-state index < -0.39 is 11.9 Å². The average Bonchev–Trinajstić information content (AvgIpc) is 2.95. The number of nitrogens with zero attached hydrogens (tertiary/aromatic N) is 2. The van der Waals surface area contributed by atoms with Gasteiger partial charge in [0.25, 0.3) is 0 Å². The number of fused-ring (bicyclic) bond motifs is 3. The summed E-state index contributed by atoms with van der Waals surface area (Å²) in [5, 5.41) is 1.81. The van der Waals surface area contributed by atoms with E-state index in [1.807, 2.05) is 30.3 Å². The number of rotatable bonds is 4. The van der Waals surface area contributed by atoms with Crippen LogP contribution in [0.3, 0.4) is 0 Å². The maximum Gasteiger partial charge on any atom is 0.359 e. The Hall–Kier alpha value is -2.89. The number of hydrogen-bond donors (Lipinski definition) is 0. The topological polar surface area (TPSA) is 69.9 Å². The first kappa shape index (κ1) is 15.0. The van der Waals surface area contributed by atoms with Crippen molar-refractivity contribution in [2.24, 2.45) is 0 Å². The lowest BCUT2D eigenvalue weighted by Gasteiger charge is -2.05. The maximum absolute atomic E-state index is 12.3. The molecule has 0 aliphatic rings. The number of hydrogen-bond acceptors (Lipinski definition) is 5. The van der Waals surface area contributed by atoms with Crippen LogP contribution in [0.15, 0.2) is 36.5 Å². The minimum Gasteiger partial charge on any atom is -0.461 e. The zero-order valence-corrected chi connectivity index (χ0v) is 12.9. The fourth-order valence-electron chi connectivity index (χ4n) is 2.50. The first-order valence-electron chi connectivity index (χ1n) is 7.41. The SMILES string of the molecule is CCOC(=O)c1nc2c3ccccc3ccn2c1C(=O)OCC. The maximum atomic E-state index is 12.3. The zero-order valence-electron chi connectivity index (χ0n) is 12.9. The van der Waals surface area contributed by atoms with Crippen LogP contribution in [-0.2, 0) is 9.47 Å². The van der Waals surface area contributed by atoms with Gasteiger partial charge in [-0.05, 0) is 25.3 Å². The monoisotopic (exact) mass is 312 g/mol. The van der Waals surface area contributed by atoms with E-state index in [1.165, 1.54) is 0 Å². The summed E-state index contributed by atoms with van der Waals surface area (Å²) < 4.78 is 11.7. The Bertz CT molecular complexity index is 898. The Labute approximate surface area is 132 Å². The van der Waals surface area contributed by atoms with Crippen LogP contribution in [0.2, 0.25) is 0 Å². The summed E-state index contributed by atoms with van der Waals surface area (Å²) in [5.74, 6) is -1.23. The molecule has 0 N–H and O–H groups in total. The van der Waals surface area contributed by atoms with E-state index in [1.54, 1.807) is 24.4 Å². The van der Waals surface area contributed by atoms with E-state index in [0.29, 0.717) is 5.65 Å². The van der Waals surface area contributed by atoms with Gasteiger partial charge in [-0.15, -0.1) is 0 Å². The van der Waals surface area contributed by atoms with Gasteiger partial charge in [0.05, 0.1) is 13.2 Å². The molecule has 6 heteroatoms. The van der Waals surface area contributed by atoms with Crippen LogP contribution in [0.5, 0.6) is 0 Å². The largest absolute Gasteiger partial charge is 0.461 e. The van der Waals surface area contributed by atoms with Crippen molar-refractivity contribution in [1.29, 1.82) is 0 Å². The highest BCUT2D eigenvalue weighted by atomic mass is 16.5. The van der Waals surface area contributed by atoms with E-state index in [9.17, 15) is 9.59 Å². The van der Waals surface area contributed by atoms with Crippen molar-refractivity contribution < 1.29 is 19.1 Å². The van der Waals surface area contributed by atoms with Gasteiger partial charge in [0, 0.05) is 11.6 Å². The highest BCUT2D eigenvalue weighted by molar-refractivity contribution is 6.04. The molecular weight excluding hydrogens is 296 g/mol. The van der Waals surface area contributed by atoms with Gasteiger partial charge in [-0.1, -0.05) is 24.3 Å². The van der Waals surface area contributed by atoms with E-state index in [4.69, 9.17) is 9.47 Å². The minimum absolute atomic E-state index is 0.0262. The average molecular weight is 312 g/mol. The Morgan fingerprint density at radius 3 is 2.48 bits per heavy atom. The summed E-state index contributed by atoms with van der Waals surface area (Å²) in [5.41, 5.74) is 0.585. The Kier molecular flexibility index (Phi) is 3.97. The van der Waals surface area contributed by atoms with Crippen LogP contribution >= 0.6 is 0 Å². The second-order valence-electron chi connectivity index (χ2n) is 4.85. The van der Waals surface area contributed by atoms with Crippen molar-refractivity contribution in [3.8, 4) is 0 Å². The molecule has 0 fully saturated rings. The Morgan fingerprint density at radius 2 is 1.74 bits per heavy atom. The predicted molar refractivity (Wildman–Crippen MR) is 84.6 cm³/mol. The number of imidazole rings is 1. The van der Waals surface area contributed by atoms with Crippen LogP contribution in [0.1, 0.15) is 34.8 Å². The molecule has 3 rings (SSSR count). The van der Waals surface area contributed by atoms with Crippen molar-refractivity contribution in [1.82, 2.24) is 9.38 Å². The highest BCUT2D eigenvalue weighted by Gasteiger charge is 2.27. The van der Waals surface area contributed by atoms with Crippen molar-refractivity contribution >= 4 is 28.4 Å². The first-order chi connectivity index (χ1) is 11.2. The van der Waals surface area contributed by atoms with Crippen molar-refractivity contribution in [2.75, 3.05) is 13.2 Å². The molecule has 0 saturated heterocycles. The number of pyridine rings is 1. The molecule has 0 saturated carbocycles. The third kappa shape index (κ3) is 2.52. The van der Waals surface area contributed by atoms with Gasteiger partial charge >= 0.3 is 11.9 Å². The summed E-state index contributed by atoms with van der Waals surface area (Å²) in [6.07, 6.45) is 1.71. The number of aromatic nitrogens is 2. The second-order valence-corrected chi connectivity index (χ2v) is 4.85. The molecule has 1 aromatic carbocycles. The first-order valence-corrected chi connectivity index (χ1v) is 7.41. The smallest absolute Gasteiger partial charge is 0.359 e.